The number of allylic oxidation sites excluding steroid dienone is 1. The summed E-state index contributed by atoms with van der Waals surface area (Å²) in [5, 5.41) is 0. The van der Waals surface area contributed by atoms with Gasteiger partial charge in [0.15, 0.2) is 5.78 Å². The number of hydrogen-bond acceptors (Lipinski definition) is 1. The Labute approximate surface area is 99.2 Å². The third-order valence-corrected chi connectivity index (χ3v) is 3.93. The molecule has 1 rings (SSSR count). The Hall–Kier alpha value is -1.15. The molecule has 0 saturated heterocycles. The van der Waals surface area contributed by atoms with Crippen LogP contribution >= 0.6 is 0 Å². The molecule has 0 aromatic heterocycles. The van der Waals surface area contributed by atoms with Crippen LogP contribution in [0.3, 0.4) is 0 Å². The van der Waals surface area contributed by atoms with E-state index in [9.17, 15) is 4.79 Å². The lowest BCUT2D eigenvalue weighted by Crippen LogP contribution is -2.19. The maximum atomic E-state index is 11.1. The van der Waals surface area contributed by atoms with Gasteiger partial charge in [-0.05, 0) is 18.5 Å². The van der Waals surface area contributed by atoms with Crippen molar-refractivity contribution in [2.45, 2.75) is 32.6 Å². The van der Waals surface area contributed by atoms with Gasteiger partial charge in [0.2, 0.25) is 0 Å². The van der Waals surface area contributed by atoms with E-state index in [2.05, 4.69) is 26.2 Å². The molecule has 0 unspecified atom stereocenters. The molecule has 0 bridgehead atoms. The molecule has 86 valence electrons. The molecule has 1 nitrogen and oxygen atoms in total. The summed E-state index contributed by atoms with van der Waals surface area (Å²) in [4.78, 5) is 11.1. The first-order valence-corrected chi connectivity index (χ1v) is 9.29. The SMILES string of the molecule is C=C(C[Si](C)(C)C)c1ccc(C(C)=O)cc1. The summed E-state index contributed by atoms with van der Waals surface area (Å²) in [7, 11) is -1.10. The number of Topliss-reactive ketones (excluding diaryl/α,β-unsaturated/α-hetero) is 1. The minimum absolute atomic E-state index is 0.113. The van der Waals surface area contributed by atoms with Crippen LogP contribution in [0, 0.1) is 0 Å². The second kappa shape index (κ2) is 4.79. The van der Waals surface area contributed by atoms with Crippen molar-refractivity contribution in [3.63, 3.8) is 0 Å². The van der Waals surface area contributed by atoms with Gasteiger partial charge in [-0.3, -0.25) is 4.79 Å². The van der Waals surface area contributed by atoms with E-state index in [1.807, 2.05) is 24.3 Å². The third-order valence-electron chi connectivity index (χ3n) is 2.44. The Morgan fingerprint density at radius 1 is 1.12 bits per heavy atom. The summed E-state index contributed by atoms with van der Waals surface area (Å²) in [5.74, 6) is 0.113. The summed E-state index contributed by atoms with van der Waals surface area (Å²) >= 11 is 0. The van der Waals surface area contributed by atoms with E-state index < -0.39 is 8.07 Å². The minimum Gasteiger partial charge on any atom is -0.295 e. The van der Waals surface area contributed by atoms with E-state index in [-0.39, 0.29) is 5.78 Å². The molecule has 0 fully saturated rings. The molecule has 0 amide bonds. The zero-order valence-electron chi connectivity index (χ0n) is 10.6. The number of hydrogen-bond donors (Lipinski definition) is 0. The van der Waals surface area contributed by atoms with E-state index in [0.29, 0.717) is 0 Å². The Kier molecular flexibility index (Phi) is 3.86. The van der Waals surface area contributed by atoms with Crippen molar-refractivity contribution in [1.82, 2.24) is 0 Å². The highest BCUT2D eigenvalue weighted by Gasteiger charge is 2.15. The van der Waals surface area contributed by atoms with Crippen LogP contribution in [0.2, 0.25) is 25.7 Å². The summed E-state index contributed by atoms with van der Waals surface area (Å²) in [6.45, 7) is 12.7. The Bertz CT molecular complexity index is 396. The van der Waals surface area contributed by atoms with Gasteiger partial charge in [-0.15, -0.1) is 0 Å². The second-order valence-corrected chi connectivity index (χ2v) is 10.9. The fourth-order valence-corrected chi connectivity index (χ4v) is 3.17. The van der Waals surface area contributed by atoms with Crippen LogP contribution in [-0.2, 0) is 0 Å². The number of rotatable bonds is 4. The van der Waals surface area contributed by atoms with Gasteiger partial charge in [0.25, 0.3) is 0 Å². The fraction of sp³-hybridized carbons (Fsp3) is 0.357. The summed E-state index contributed by atoms with van der Waals surface area (Å²) in [6, 6.07) is 8.87. The Balaban J connectivity index is 2.82. The van der Waals surface area contributed by atoms with Crippen LogP contribution in [0.5, 0.6) is 0 Å². The summed E-state index contributed by atoms with van der Waals surface area (Å²) in [6.07, 6.45) is 0. The lowest BCUT2D eigenvalue weighted by atomic mass is 10.1. The molecule has 1 aromatic carbocycles. The largest absolute Gasteiger partial charge is 0.295 e. The molecule has 0 aliphatic rings. The maximum absolute atomic E-state index is 11.1. The van der Waals surface area contributed by atoms with Gasteiger partial charge in [0.1, 0.15) is 0 Å². The Morgan fingerprint density at radius 3 is 1.94 bits per heavy atom. The van der Waals surface area contributed by atoms with Crippen LogP contribution in [0.15, 0.2) is 30.8 Å². The molecule has 0 aliphatic heterocycles. The number of carbonyl (C=O) groups is 1. The first-order valence-electron chi connectivity index (χ1n) is 5.59. The monoisotopic (exact) mass is 232 g/mol. The molecule has 0 heterocycles. The van der Waals surface area contributed by atoms with Crippen molar-refractivity contribution >= 4 is 19.4 Å². The second-order valence-electron chi connectivity index (χ2n) is 5.47. The van der Waals surface area contributed by atoms with Crippen molar-refractivity contribution in [3.8, 4) is 0 Å². The smallest absolute Gasteiger partial charge is 0.159 e. The van der Waals surface area contributed by atoms with Gasteiger partial charge in [-0.1, -0.05) is 56.1 Å². The minimum atomic E-state index is -1.10. The molecule has 0 spiro atoms. The first kappa shape index (κ1) is 12.9. The molecular weight excluding hydrogens is 212 g/mol. The lowest BCUT2D eigenvalue weighted by Gasteiger charge is -2.17. The van der Waals surface area contributed by atoms with Crippen molar-refractivity contribution < 1.29 is 4.79 Å². The van der Waals surface area contributed by atoms with Crippen LogP contribution in [-0.4, -0.2) is 13.9 Å². The molecular formula is C14H20OSi. The zero-order valence-corrected chi connectivity index (χ0v) is 11.6. The fourth-order valence-electron chi connectivity index (χ4n) is 1.68. The molecule has 0 aliphatic carbocycles. The van der Waals surface area contributed by atoms with E-state index in [1.165, 1.54) is 5.57 Å². The standard InChI is InChI=1S/C14H20OSi/c1-11(10-16(3,4)5)13-6-8-14(9-7-13)12(2)15/h6-9H,1,10H2,2-5H3. The quantitative estimate of drug-likeness (QED) is 0.560. The van der Waals surface area contributed by atoms with Crippen molar-refractivity contribution in [1.29, 1.82) is 0 Å². The molecule has 0 N–H and O–H groups in total. The molecule has 16 heavy (non-hydrogen) atoms. The van der Waals surface area contributed by atoms with Gasteiger partial charge in [-0.2, -0.15) is 0 Å². The van der Waals surface area contributed by atoms with Crippen LogP contribution < -0.4 is 0 Å². The maximum Gasteiger partial charge on any atom is 0.159 e. The summed E-state index contributed by atoms with van der Waals surface area (Å²) < 4.78 is 0. The number of carbonyl (C=O) groups excluding carboxylic acids is 1. The molecule has 1 aromatic rings. The molecule has 0 saturated carbocycles. The van der Waals surface area contributed by atoms with Gasteiger partial charge < -0.3 is 0 Å². The van der Waals surface area contributed by atoms with Crippen LogP contribution in [0.1, 0.15) is 22.8 Å². The van der Waals surface area contributed by atoms with E-state index in [4.69, 9.17) is 0 Å². The number of benzene rings is 1. The van der Waals surface area contributed by atoms with Crippen molar-refractivity contribution in [2.24, 2.45) is 0 Å². The lowest BCUT2D eigenvalue weighted by molar-refractivity contribution is 0.101. The summed E-state index contributed by atoms with van der Waals surface area (Å²) in [5.41, 5.74) is 3.12. The Morgan fingerprint density at radius 2 is 1.56 bits per heavy atom. The van der Waals surface area contributed by atoms with E-state index >= 15 is 0 Å². The predicted molar refractivity (Wildman–Crippen MR) is 73.6 cm³/mol. The third kappa shape index (κ3) is 3.78. The molecule has 0 atom stereocenters. The average molecular weight is 232 g/mol. The number of ketones is 1. The predicted octanol–water partition coefficient (Wildman–Crippen LogP) is 4.24. The highest BCUT2D eigenvalue weighted by Crippen LogP contribution is 2.24. The molecule has 0 radical (unpaired) electrons. The van der Waals surface area contributed by atoms with Crippen molar-refractivity contribution in [3.05, 3.63) is 42.0 Å². The van der Waals surface area contributed by atoms with Crippen LogP contribution in [0.4, 0.5) is 0 Å². The average Bonchev–Trinajstić information content (AvgIpc) is 2.15. The van der Waals surface area contributed by atoms with Crippen molar-refractivity contribution in [2.75, 3.05) is 0 Å². The van der Waals surface area contributed by atoms with Gasteiger partial charge in [0, 0.05) is 13.6 Å². The van der Waals surface area contributed by atoms with Gasteiger partial charge in [0.05, 0.1) is 0 Å². The highest BCUT2D eigenvalue weighted by molar-refractivity contribution is 6.77. The highest BCUT2D eigenvalue weighted by atomic mass is 28.3. The topological polar surface area (TPSA) is 17.1 Å². The zero-order chi connectivity index (χ0) is 12.3. The normalized spacial score (nSPS) is 11.2. The van der Waals surface area contributed by atoms with Gasteiger partial charge in [-0.25, -0.2) is 0 Å². The van der Waals surface area contributed by atoms with E-state index in [0.717, 1.165) is 17.2 Å². The molecule has 2 heteroatoms. The first-order chi connectivity index (χ1) is 7.29. The van der Waals surface area contributed by atoms with E-state index in [1.54, 1.807) is 6.92 Å². The van der Waals surface area contributed by atoms with Crippen LogP contribution in [0.25, 0.3) is 5.57 Å². The van der Waals surface area contributed by atoms with Gasteiger partial charge >= 0.3 is 0 Å².